The lowest BCUT2D eigenvalue weighted by Gasteiger charge is -2.11. The molecule has 0 unspecified atom stereocenters. The van der Waals surface area contributed by atoms with Gasteiger partial charge in [0.05, 0.1) is 14.0 Å². The van der Waals surface area contributed by atoms with Gasteiger partial charge in [-0.2, -0.15) is 0 Å². The summed E-state index contributed by atoms with van der Waals surface area (Å²) in [6, 6.07) is 0.0608. The number of hydrogen-bond donors (Lipinski definition) is 1. The van der Waals surface area contributed by atoms with Crippen LogP contribution in [-0.2, 0) is 0 Å². The van der Waals surface area contributed by atoms with Crippen molar-refractivity contribution in [1.29, 1.82) is 0 Å². The largest absolute Gasteiger partial charge is 0.493 e. The van der Waals surface area contributed by atoms with E-state index in [4.69, 9.17) is 14.3 Å². The van der Waals surface area contributed by atoms with Crippen LogP contribution in [0.3, 0.4) is 0 Å². The van der Waals surface area contributed by atoms with Gasteiger partial charge in [-0.3, -0.25) is 4.79 Å². The Morgan fingerprint density at radius 2 is 2.40 bits per heavy atom. The average molecular weight is 218 g/mol. The lowest BCUT2D eigenvalue weighted by Crippen LogP contribution is -2.30. The highest BCUT2D eigenvalue weighted by molar-refractivity contribution is 5.97. The molecule has 0 aliphatic rings. The number of carbonyl (C=O) groups excluding carboxylic acids is 1. The van der Waals surface area contributed by atoms with Gasteiger partial charge in [0.25, 0.3) is 5.91 Å². The summed E-state index contributed by atoms with van der Waals surface area (Å²) in [5, 5.41) is 1.65. The molecule has 15 heavy (non-hydrogen) atoms. The van der Waals surface area contributed by atoms with Crippen LogP contribution in [-0.4, -0.2) is 19.0 Å². The van der Waals surface area contributed by atoms with Crippen molar-refractivity contribution < 1.29 is 23.5 Å². The van der Waals surface area contributed by atoms with E-state index in [-0.39, 0.29) is 0 Å². The molecule has 4 heteroatoms. The van der Waals surface area contributed by atoms with Crippen molar-refractivity contribution in [2.45, 2.75) is 19.7 Å². The maximum absolute atomic E-state index is 13.5. The van der Waals surface area contributed by atoms with Gasteiger partial charge in [-0.1, -0.05) is 6.07 Å². The second-order valence-corrected chi connectivity index (χ2v) is 2.65. The van der Waals surface area contributed by atoms with E-state index in [0.29, 0.717) is 0 Å². The number of rotatable bonds is 3. The average Bonchev–Trinajstić information content (AvgIpc) is 2.35. The summed E-state index contributed by atoms with van der Waals surface area (Å²) >= 11 is 0. The van der Waals surface area contributed by atoms with Gasteiger partial charge >= 0.3 is 0 Å². The van der Waals surface area contributed by atoms with E-state index in [2.05, 4.69) is 0 Å². The SMILES string of the molecule is [2H]C([2H])([2H])C([2H])(NC(=O)c1cccc(F)c1OC)C([2H])([2H])[2H]. The van der Waals surface area contributed by atoms with E-state index < -0.39 is 42.8 Å². The second-order valence-electron chi connectivity index (χ2n) is 2.65. The van der Waals surface area contributed by atoms with Crippen LogP contribution < -0.4 is 10.1 Å². The van der Waals surface area contributed by atoms with Crippen LogP contribution in [0.1, 0.15) is 33.7 Å². The number of ether oxygens (including phenoxy) is 1. The molecule has 0 bridgehead atoms. The van der Waals surface area contributed by atoms with Crippen molar-refractivity contribution in [2.75, 3.05) is 7.11 Å². The summed E-state index contributed by atoms with van der Waals surface area (Å²) in [5.41, 5.74) is -0.410. The van der Waals surface area contributed by atoms with Crippen LogP contribution in [0.15, 0.2) is 18.2 Å². The normalized spacial score (nSPS) is 19.5. The molecule has 1 rings (SSSR count). The monoisotopic (exact) mass is 218 g/mol. The Bertz CT molecular complexity index is 557. The summed E-state index contributed by atoms with van der Waals surface area (Å²) in [6.45, 7) is -6.65. The number of amides is 1. The quantitative estimate of drug-likeness (QED) is 0.842. The van der Waals surface area contributed by atoms with Crippen molar-refractivity contribution in [2.24, 2.45) is 0 Å². The van der Waals surface area contributed by atoms with E-state index in [9.17, 15) is 9.18 Å². The third-order valence-corrected chi connectivity index (χ3v) is 1.65. The third-order valence-electron chi connectivity index (χ3n) is 1.65. The predicted molar refractivity (Wildman–Crippen MR) is 55.6 cm³/mol. The van der Waals surface area contributed by atoms with Crippen molar-refractivity contribution >= 4 is 5.91 Å². The first-order chi connectivity index (χ1) is 9.85. The van der Waals surface area contributed by atoms with Gasteiger partial charge in [-0.25, -0.2) is 4.39 Å². The zero-order valence-electron chi connectivity index (χ0n) is 14.9. The maximum Gasteiger partial charge on any atom is 0.255 e. The topological polar surface area (TPSA) is 38.3 Å². The molecular formula is C11H14FNO2. The molecule has 0 saturated heterocycles. The summed E-state index contributed by atoms with van der Waals surface area (Å²) in [4.78, 5) is 12.1. The third kappa shape index (κ3) is 2.68. The van der Waals surface area contributed by atoms with E-state index in [1.165, 1.54) is 6.07 Å². The molecule has 0 spiro atoms. The molecule has 82 valence electrons. The molecule has 0 fully saturated rings. The summed E-state index contributed by atoms with van der Waals surface area (Å²) in [5.74, 6) is -2.59. The molecule has 1 aromatic carbocycles. The maximum atomic E-state index is 13.5. The summed E-state index contributed by atoms with van der Waals surface area (Å²) < 4.78 is 69.2. The highest BCUT2D eigenvalue weighted by atomic mass is 19.1. The first-order valence-corrected chi connectivity index (χ1v) is 4.00. The number of halogens is 1. The molecular weight excluding hydrogens is 197 g/mol. The summed E-state index contributed by atoms with van der Waals surface area (Å²) in [6.07, 6.45) is 0. The van der Waals surface area contributed by atoms with E-state index in [1.54, 1.807) is 5.32 Å². The zero-order chi connectivity index (χ0) is 17.3. The van der Waals surface area contributed by atoms with Crippen molar-refractivity contribution in [3.63, 3.8) is 0 Å². The Labute approximate surface area is 98.1 Å². The molecule has 0 aromatic heterocycles. The van der Waals surface area contributed by atoms with Gasteiger partial charge < -0.3 is 10.1 Å². The fourth-order valence-electron chi connectivity index (χ4n) is 1.08. The fraction of sp³-hybridized carbons (Fsp3) is 0.364. The molecule has 0 saturated carbocycles. The van der Waals surface area contributed by atoms with Crippen LogP contribution in [0.25, 0.3) is 0 Å². The molecule has 0 atom stereocenters. The minimum Gasteiger partial charge on any atom is -0.493 e. The van der Waals surface area contributed by atoms with Gasteiger partial charge in [0.2, 0.25) is 0 Å². The molecule has 3 nitrogen and oxygen atoms in total. The first kappa shape index (κ1) is 4.96. The number of benzene rings is 1. The van der Waals surface area contributed by atoms with Crippen LogP contribution in [0.4, 0.5) is 4.39 Å². The molecule has 1 N–H and O–H groups in total. The highest BCUT2D eigenvalue weighted by Crippen LogP contribution is 2.21. The Balaban J connectivity index is 3.28. The first-order valence-electron chi connectivity index (χ1n) is 7.50. The predicted octanol–water partition coefficient (Wildman–Crippen LogP) is 1.97. The lowest BCUT2D eigenvalue weighted by molar-refractivity contribution is 0.0939. The van der Waals surface area contributed by atoms with Crippen molar-refractivity contribution in [3.8, 4) is 5.75 Å². The smallest absolute Gasteiger partial charge is 0.255 e. The number of carbonyl (C=O) groups is 1. The van der Waals surface area contributed by atoms with Crippen molar-refractivity contribution in [1.82, 2.24) is 5.32 Å². The lowest BCUT2D eigenvalue weighted by atomic mass is 10.1. The molecule has 0 radical (unpaired) electrons. The van der Waals surface area contributed by atoms with E-state index in [1.807, 2.05) is 0 Å². The van der Waals surface area contributed by atoms with Crippen LogP contribution in [0.2, 0.25) is 0 Å². The van der Waals surface area contributed by atoms with E-state index >= 15 is 0 Å². The number of nitrogens with one attached hydrogen (secondary N) is 1. The zero-order valence-corrected chi connectivity index (χ0v) is 7.93. The molecule has 1 amide bonds. The van der Waals surface area contributed by atoms with Crippen LogP contribution in [0, 0.1) is 5.82 Å². The fourth-order valence-corrected chi connectivity index (χ4v) is 1.08. The number of para-hydroxylation sites is 1. The molecule has 1 aromatic rings. The molecule has 0 heterocycles. The van der Waals surface area contributed by atoms with Gasteiger partial charge in [0.1, 0.15) is 0 Å². The standard InChI is InChI=1S/C11H14FNO2/c1-7(2)13-11(14)8-5-4-6-9(12)10(8)15-3/h4-7H,1-3H3,(H,13,14)/i1D3,2D3,7D. The number of methoxy groups -OCH3 is 1. The van der Waals surface area contributed by atoms with Gasteiger partial charge in [0, 0.05) is 14.2 Å². The number of hydrogen-bond acceptors (Lipinski definition) is 2. The molecule has 0 aliphatic carbocycles. The summed E-state index contributed by atoms with van der Waals surface area (Å²) in [7, 11) is 1.09. The van der Waals surface area contributed by atoms with Gasteiger partial charge in [0.15, 0.2) is 11.6 Å². The van der Waals surface area contributed by atoms with Gasteiger partial charge in [-0.15, -0.1) is 0 Å². The van der Waals surface area contributed by atoms with E-state index in [0.717, 1.165) is 19.2 Å². The second kappa shape index (κ2) is 4.77. The molecule has 0 aliphatic heterocycles. The van der Waals surface area contributed by atoms with Crippen LogP contribution in [0.5, 0.6) is 5.75 Å². The van der Waals surface area contributed by atoms with Crippen LogP contribution >= 0.6 is 0 Å². The Morgan fingerprint density at radius 3 is 3.00 bits per heavy atom. The minimum absolute atomic E-state index is 0.410. The Kier molecular flexibility index (Phi) is 1.58. The minimum atomic E-state index is -3.32. The highest BCUT2D eigenvalue weighted by Gasteiger charge is 2.15. The Hall–Kier alpha value is -1.58. The Morgan fingerprint density at radius 1 is 1.67 bits per heavy atom. The van der Waals surface area contributed by atoms with Crippen molar-refractivity contribution in [3.05, 3.63) is 29.6 Å². The van der Waals surface area contributed by atoms with Gasteiger partial charge in [-0.05, 0) is 25.8 Å².